The number of nitrogens with zero attached hydrogens (tertiary/aromatic N) is 1. The maximum absolute atomic E-state index is 11.2. The Kier molecular flexibility index (Phi) is 3.07. The smallest absolute Gasteiger partial charge is 0.229 e. The molecule has 1 aromatic carbocycles. The van der Waals surface area contributed by atoms with E-state index in [0.717, 1.165) is 18.1 Å². The van der Waals surface area contributed by atoms with Gasteiger partial charge in [-0.15, -0.1) is 0 Å². The molecule has 17 heavy (non-hydrogen) atoms. The molecule has 2 aliphatic heterocycles. The van der Waals surface area contributed by atoms with Gasteiger partial charge in [-0.25, -0.2) is 0 Å². The Hall–Kier alpha value is -1.00. The lowest BCUT2D eigenvalue weighted by atomic mass is 10.2. The number of carbonyl (C=O) groups is 1. The van der Waals surface area contributed by atoms with Crippen molar-refractivity contribution >= 4 is 17.7 Å². The number of carbonyl (C=O) groups excluding carboxylic acids is 1. The number of thioether (sulfide) groups is 1. The first-order valence-electron chi connectivity index (χ1n) is 5.89. The van der Waals surface area contributed by atoms with Gasteiger partial charge < -0.3 is 9.64 Å². The Morgan fingerprint density at radius 1 is 1.35 bits per heavy atom. The number of hydrogen-bond donors (Lipinski definition) is 0. The van der Waals surface area contributed by atoms with Crippen LogP contribution in [0.3, 0.4) is 0 Å². The van der Waals surface area contributed by atoms with Gasteiger partial charge in [-0.3, -0.25) is 4.79 Å². The van der Waals surface area contributed by atoms with Gasteiger partial charge in [0.05, 0.1) is 19.1 Å². The summed E-state index contributed by atoms with van der Waals surface area (Å²) in [6, 6.07) is 10.4. The summed E-state index contributed by atoms with van der Waals surface area (Å²) in [5.74, 6) is 2.22. The van der Waals surface area contributed by atoms with Gasteiger partial charge in [-0.1, -0.05) is 30.3 Å². The van der Waals surface area contributed by atoms with E-state index in [1.54, 1.807) is 0 Å². The highest BCUT2D eigenvalue weighted by Gasteiger charge is 2.44. The first kappa shape index (κ1) is 11.1. The molecular weight excluding hydrogens is 234 g/mol. The van der Waals surface area contributed by atoms with Crippen LogP contribution >= 0.6 is 11.8 Å². The van der Waals surface area contributed by atoms with E-state index in [9.17, 15) is 4.79 Å². The van der Waals surface area contributed by atoms with Crippen molar-refractivity contribution in [2.75, 3.05) is 12.3 Å². The third-order valence-corrected chi connectivity index (χ3v) is 4.33. The fourth-order valence-electron chi connectivity index (χ4n) is 2.22. The summed E-state index contributed by atoms with van der Waals surface area (Å²) in [5, 5.41) is 0. The molecule has 1 aromatic rings. The minimum Gasteiger partial charge on any atom is -0.352 e. The molecule has 0 spiro atoms. The van der Waals surface area contributed by atoms with Gasteiger partial charge in [0.2, 0.25) is 5.91 Å². The summed E-state index contributed by atoms with van der Waals surface area (Å²) in [5.41, 5.74) is 1.34. The number of ether oxygens (including phenoxy) is 1. The van der Waals surface area contributed by atoms with Crippen LogP contribution in [0.25, 0.3) is 0 Å². The molecule has 0 bridgehead atoms. The molecule has 3 rings (SSSR count). The van der Waals surface area contributed by atoms with Crippen molar-refractivity contribution in [1.29, 1.82) is 0 Å². The normalized spacial score (nSPS) is 26.8. The average Bonchev–Trinajstić information content (AvgIpc) is 2.68. The zero-order valence-electron chi connectivity index (χ0n) is 9.54. The molecule has 3 nitrogen and oxygen atoms in total. The van der Waals surface area contributed by atoms with Crippen molar-refractivity contribution < 1.29 is 9.53 Å². The molecule has 90 valence electrons. The minimum atomic E-state index is 0.0878. The summed E-state index contributed by atoms with van der Waals surface area (Å²) in [7, 11) is 0. The van der Waals surface area contributed by atoms with Crippen LogP contribution in [0.4, 0.5) is 0 Å². The van der Waals surface area contributed by atoms with Gasteiger partial charge >= 0.3 is 0 Å². The van der Waals surface area contributed by atoms with Crippen molar-refractivity contribution in [1.82, 2.24) is 4.90 Å². The molecule has 0 N–H and O–H groups in total. The lowest BCUT2D eigenvalue weighted by Gasteiger charge is -2.31. The standard InChI is InChI=1S/C13H15NO2S/c15-12-6-13-14(12)7-11(16-13)9-17-8-10-4-2-1-3-5-10/h1-5,11,13H,6-9H2/t11-,13?/m1/s1. The van der Waals surface area contributed by atoms with Gasteiger partial charge in [0.15, 0.2) is 0 Å². The van der Waals surface area contributed by atoms with E-state index >= 15 is 0 Å². The Morgan fingerprint density at radius 3 is 2.88 bits per heavy atom. The highest BCUT2D eigenvalue weighted by Crippen LogP contribution is 2.30. The molecule has 1 amide bonds. The lowest BCUT2D eigenvalue weighted by Crippen LogP contribution is -2.48. The van der Waals surface area contributed by atoms with Crippen LogP contribution in [-0.4, -0.2) is 35.4 Å². The third kappa shape index (κ3) is 2.33. The van der Waals surface area contributed by atoms with Crippen molar-refractivity contribution in [3.63, 3.8) is 0 Å². The van der Waals surface area contributed by atoms with Crippen molar-refractivity contribution in [3.8, 4) is 0 Å². The average molecular weight is 249 g/mol. The van der Waals surface area contributed by atoms with Gasteiger partial charge in [0.1, 0.15) is 6.23 Å². The number of rotatable bonds is 4. The van der Waals surface area contributed by atoms with E-state index in [1.807, 2.05) is 22.7 Å². The number of fused-ring (bicyclic) bond motifs is 1. The Bertz CT molecular complexity index is 409. The minimum absolute atomic E-state index is 0.0878. The highest BCUT2D eigenvalue weighted by atomic mass is 32.2. The molecular formula is C13H15NO2S. The topological polar surface area (TPSA) is 29.5 Å². The van der Waals surface area contributed by atoms with Crippen LogP contribution in [0.1, 0.15) is 12.0 Å². The largest absolute Gasteiger partial charge is 0.352 e. The summed E-state index contributed by atoms with van der Waals surface area (Å²) < 4.78 is 5.75. The molecule has 0 radical (unpaired) electrons. The van der Waals surface area contributed by atoms with Crippen LogP contribution in [0.15, 0.2) is 30.3 Å². The second-order valence-electron chi connectivity index (χ2n) is 4.46. The van der Waals surface area contributed by atoms with E-state index in [4.69, 9.17) is 4.74 Å². The molecule has 4 heteroatoms. The SMILES string of the molecule is O=C1CC2O[C@@H](CSCc3ccccc3)CN12. The van der Waals surface area contributed by atoms with Gasteiger partial charge in [0.25, 0.3) is 0 Å². The number of benzene rings is 1. The second-order valence-corrected chi connectivity index (χ2v) is 5.49. The summed E-state index contributed by atoms with van der Waals surface area (Å²) in [6.07, 6.45) is 0.893. The first-order chi connectivity index (χ1) is 8.33. The van der Waals surface area contributed by atoms with E-state index < -0.39 is 0 Å². The molecule has 2 saturated heterocycles. The second kappa shape index (κ2) is 4.70. The lowest BCUT2D eigenvalue weighted by molar-refractivity contribution is -0.156. The van der Waals surface area contributed by atoms with Gasteiger partial charge in [0, 0.05) is 11.5 Å². The van der Waals surface area contributed by atoms with Crippen LogP contribution in [-0.2, 0) is 15.3 Å². The number of hydrogen-bond acceptors (Lipinski definition) is 3. The summed E-state index contributed by atoms with van der Waals surface area (Å²) in [4.78, 5) is 13.0. The van der Waals surface area contributed by atoms with E-state index in [0.29, 0.717) is 6.42 Å². The fraction of sp³-hybridized carbons (Fsp3) is 0.462. The molecule has 0 aliphatic carbocycles. The summed E-state index contributed by atoms with van der Waals surface area (Å²) >= 11 is 1.87. The Balaban J connectivity index is 1.42. The first-order valence-corrected chi connectivity index (χ1v) is 7.05. The van der Waals surface area contributed by atoms with Gasteiger partial charge in [-0.05, 0) is 5.56 Å². The van der Waals surface area contributed by atoms with Crippen LogP contribution in [0.2, 0.25) is 0 Å². The summed E-state index contributed by atoms with van der Waals surface area (Å²) in [6.45, 7) is 0.783. The third-order valence-electron chi connectivity index (χ3n) is 3.18. The zero-order valence-corrected chi connectivity index (χ0v) is 10.4. The number of β-lactam (4-membered cyclic amide) rings is 1. The Labute approximate surface area is 105 Å². The van der Waals surface area contributed by atoms with Crippen molar-refractivity contribution in [2.24, 2.45) is 0 Å². The molecule has 2 fully saturated rings. The predicted molar refractivity (Wildman–Crippen MR) is 67.6 cm³/mol. The molecule has 0 saturated carbocycles. The molecule has 0 aromatic heterocycles. The predicted octanol–water partition coefficient (Wildman–Crippen LogP) is 1.88. The molecule has 2 atom stereocenters. The number of amides is 1. The molecule has 2 aliphatic rings. The van der Waals surface area contributed by atoms with E-state index in [2.05, 4.69) is 24.3 Å². The van der Waals surface area contributed by atoms with Crippen molar-refractivity contribution in [2.45, 2.75) is 24.5 Å². The Morgan fingerprint density at radius 2 is 2.18 bits per heavy atom. The van der Waals surface area contributed by atoms with Gasteiger partial charge in [-0.2, -0.15) is 11.8 Å². The zero-order chi connectivity index (χ0) is 11.7. The maximum atomic E-state index is 11.2. The van der Waals surface area contributed by atoms with Crippen LogP contribution in [0.5, 0.6) is 0 Å². The van der Waals surface area contributed by atoms with E-state index in [-0.39, 0.29) is 18.2 Å². The molecule has 1 unspecified atom stereocenters. The van der Waals surface area contributed by atoms with Crippen LogP contribution in [0, 0.1) is 0 Å². The highest BCUT2D eigenvalue weighted by molar-refractivity contribution is 7.98. The maximum Gasteiger partial charge on any atom is 0.229 e. The quantitative estimate of drug-likeness (QED) is 0.763. The monoisotopic (exact) mass is 249 g/mol. The fourth-order valence-corrected chi connectivity index (χ4v) is 3.22. The van der Waals surface area contributed by atoms with Crippen LogP contribution < -0.4 is 0 Å². The van der Waals surface area contributed by atoms with E-state index in [1.165, 1.54) is 5.56 Å². The molecule has 2 heterocycles. The van der Waals surface area contributed by atoms with Crippen molar-refractivity contribution in [3.05, 3.63) is 35.9 Å².